The van der Waals surface area contributed by atoms with Crippen molar-refractivity contribution in [1.82, 2.24) is 5.32 Å². The molecule has 2 heterocycles. The molecule has 6 heteroatoms. The van der Waals surface area contributed by atoms with Crippen LogP contribution < -0.4 is 5.32 Å². The molecule has 2 aliphatic rings. The fourth-order valence-electron chi connectivity index (χ4n) is 4.70. The first-order chi connectivity index (χ1) is 14.5. The van der Waals surface area contributed by atoms with Gasteiger partial charge in [0.05, 0.1) is 5.41 Å². The Balaban J connectivity index is 1.59. The Bertz CT molecular complexity index is 872. The van der Waals surface area contributed by atoms with Gasteiger partial charge < -0.3 is 14.8 Å². The second-order valence-corrected chi connectivity index (χ2v) is 8.29. The van der Waals surface area contributed by atoms with E-state index < -0.39 is 5.41 Å². The van der Waals surface area contributed by atoms with E-state index in [-0.39, 0.29) is 23.0 Å². The number of rotatable bonds is 5. The lowest BCUT2D eigenvalue weighted by molar-refractivity contribution is -0.131. The number of hydrogen-bond acceptors (Lipinski definition) is 3. The van der Waals surface area contributed by atoms with E-state index in [0.29, 0.717) is 58.7 Å². The van der Waals surface area contributed by atoms with E-state index in [4.69, 9.17) is 9.47 Å². The topological polar surface area (TPSA) is 47.6 Å². The minimum atomic E-state index is -0.750. The van der Waals surface area contributed by atoms with Crippen LogP contribution in [0.5, 0.6) is 0 Å². The molecule has 0 saturated carbocycles. The van der Waals surface area contributed by atoms with Crippen molar-refractivity contribution >= 4 is 5.91 Å². The number of halogens is 2. The van der Waals surface area contributed by atoms with Crippen molar-refractivity contribution in [2.75, 3.05) is 33.0 Å². The highest BCUT2D eigenvalue weighted by Crippen LogP contribution is 2.38. The molecule has 1 amide bonds. The number of amides is 1. The van der Waals surface area contributed by atoms with Crippen molar-refractivity contribution < 1.29 is 23.0 Å². The van der Waals surface area contributed by atoms with Crippen LogP contribution in [0.25, 0.3) is 0 Å². The van der Waals surface area contributed by atoms with Crippen LogP contribution in [0.1, 0.15) is 36.8 Å². The number of nitrogens with one attached hydrogen (secondary N) is 1. The minimum absolute atomic E-state index is 0.0836. The molecule has 0 bridgehead atoms. The summed E-state index contributed by atoms with van der Waals surface area (Å²) in [5.41, 5.74) is 0.566. The molecule has 0 spiro atoms. The van der Waals surface area contributed by atoms with Gasteiger partial charge >= 0.3 is 0 Å². The average Bonchev–Trinajstić information content (AvgIpc) is 2.79. The highest BCUT2D eigenvalue weighted by atomic mass is 19.1. The van der Waals surface area contributed by atoms with E-state index in [2.05, 4.69) is 5.32 Å². The van der Waals surface area contributed by atoms with Gasteiger partial charge in [0.2, 0.25) is 5.91 Å². The van der Waals surface area contributed by atoms with E-state index in [9.17, 15) is 13.6 Å². The lowest BCUT2D eigenvalue weighted by atomic mass is 9.71. The SMILES string of the molecule is O=C(NCC1(c2cccc(F)c2)CCOCC1)C1(c2ccc(F)cc2)CCOCC1. The first kappa shape index (κ1) is 20.9. The smallest absolute Gasteiger partial charge is 0.230 e. The highest BCUT2D eigenvalue weighted by Gasteiger charge is 2.43. The summed E-state index contributed by atoms with van der Waals surface area (Å²) < 4.78 is 38.5. The molecule has 2 aromatic carbocycles. The third-order valence-corrected chi connectivity index (χ3v) is 6.65. The molecule has 0 atom stereocenters. The minimum Gasteiger partial charge on any atom is -0.381 e. The molecule has 2 aliphatic heterocycles. The zero-order chi connectivity index (χ0) is 21.0. The number of carbonyl (C=O) groups is 1. The molecular formula is C24H27F2NO3. The van der Waals surface area contributed by atoms with Crippen LogP contribution in [-0.4, -0.2) is 38.9 Å². The van der Waals surface area contributed by atoms with Gasteiger partial charge in [-0.3, -0.25) is 4.79 Å². The molecule has 4 nitrogen and oxygen atoms in total. The second kappa shape index (κ2) is 8.82. The molecule has 0 radical (unpaired) electrons. The van der Waals surface area contributed by atoms with Gasteiger partial charge in [-0.15, -0.1) is 0 Å². The Kier molecular flexibility index (Phi) is 6.16. The molecule has 0 aliphatic carbocycles. The summed E-state index contributed by atoms with van der Waals surface area (Å²) >= 11 is 0. The zero-order valence-electron chi connectivity index (χ0n) is 17.0. The molecule has 0 aromatic heterocycles. The highest BCUT2D eigenvalue weighted by molar-refractivity contribution is 5.88. The monoisotopic (exact) mass is 415 g/mol. The molecule has 2 fully saturated rings. The van der Waals surface area contributed by atoms with Crippen molar-refractivity contribution in [3.63, 3.8) is 0 Å². The van der Waals surface area contributed by atoms with Gasteiger partial charge in [-0.2, -0.15) is 0 Å². The van der Waals surface area contributed by atoms with Gasteiger partial charge in [-0.1, -0.05) is 24.3 Å². The maximum Gasteiger partial charge on any atom is 0.230 e. The Hall–Kier alpha value is -2.31. The molecule has 30 heavy (non-hydrogen) atoms. The molecule has 160 valence electrons. The fourth-order valence-corrected chi connectivity index (χ4v) is 4.70. The molecule has 1 N–H and O–H groups in total. The molecule has 0 unspecified atom stereocenters. The molecule has 4 rings (SSSR count). The van der Waals surface area contributed by atoms with Crippen LogP contribution in [0.15, 0.2) is 48.5 Å². The average molecular weight is 415 g/mol. The van der Waals surface area contributed by atoms with Gasteiger partial charge in [0.25, 0.3) is 0 Å². The van der Waals surface area contributed by atoms with Crippen molar-refractivity contribution in [2.45, 2.75) is 36.5 Å². The quantitative estimate of drug-likeness (QED) is 0.806. The van der Waals surface area contributed by atoms with Gasteiger partial charge in [-0.05, 0) is 61.1 Å². The van der Waals surface area contributed by atoms with Crippen LogP contribution in [0.3, 0.4) is 0 Å². The van der Waals surface area contributed by atoms with E-state index in [1.165, 1.54) is 18.2 Å². The molecule has 2 aromatic rings. The second-order valence-electron chi connectivity index (χ2n) is 8.29. The van der Waals surface area contributed by atoms with Gasteiger partial charge in [0, 0.05) is 38.4 Å². The van der Waals surface area contributed by atoms with Crippen LogP contribution in [-0.2, 0) is 25.1 Å². The van der Waals surface area contributed by atoms with Crippen LogP contribution in [0, 0.1) is 11.6 Å². The number of ether oxygens (including phenoxy) is 2. The summed E-state index contributed by atoms with van der Waals surface area (Å²) in [6.45, 7) is 2.51. The van der Waals surface area contributed by atoms with Crippen molar-refractivity contribution in [2.24, 2.45) is 0 Å². The Morgan fingerprint density at radius 2 is 1.47 bits per heavy atom. The van der Waals surface area contributed by atoms with Crippen LogP contribution in [0.4, 0.5) is 8.78 Å². The maximum atomic E-state index is 13.9. The third kappa shape index (κ3) is 4.12. The summed E-state index contributed by atoms with van der Waals surface area (Å²) in [6, 6.07) is 12.8. The molecule has 2 saturated heterocycles. The summed E-state index contributed by atoms with van der Waals surface area (Å²) in [4.78, 5) is 13.5. The van der Waals surface area contributed by atoms with Gasteiger partial charge in [0.15, 0.2) is 0 Å². The van der Waals surface area contributed by atoms with E-state index in [0.717, 1.165) is 11.1 Å². The number of benzene rings is 2. The van der Waals surface area contributed by atoms with Gasteiger partial charge in [0.1, 0.15) is 11.6 Å². The Labute approximate surface area is 175 Å². The summed E-state index contributed by atoms with van der Waals surface area (Å²) in [6.07, 6.45) is 2.51. The molecular weight excluding hydrogens is 388 g/mol. The third-order valence-electron chi connectivity index (χ3n) is 6.65. The van der Waals surface area contributed by atoms with E-state index in [1.54, 1.807) is 24.3 Å². The predicted molar refractivity (Wildman–Crippen MR) is 109 cm³/mol. The van der Waals surface area contributed by atoms with E-state index in [1.807, 2.05) is 6.07 Å². The van der Waals surface area contributed by atoms with Gasteiger partial charge in [-0.25, -0.2) is 8.78 Å². The lowest BCUT2D eigenvalue weighted by Gasteiger charge is -2.41. The number of carbonyl (C=O) groups excluding carboxylic acids is 1. The fraction of sp³-hybridized carbons (Fsp3) is 0.458. The van der Waals surface area contributed by atoms with Crippen molar-refractivity contribution in [3.05, 3.63) is 71.3 Å². The van der Waals surface area contributed by atoms with E-state index >= 15 is 0 Å². The number of hydrogen-bond donors (Lipinski definition) is 1. The first-order valence-electron chi connectivity index (χ1n) is 10.5. The van der Waals surface area contributed by atoms with Crippen molar-refractivity contribution in [1.29, 1.82) is 0 Å². The zero-order valence-corrected chi connectivity index (χ0v) is 17.0. The van der Waals surface area contributed by atoms with Crippen LogP contribution in [0.2, 0.25) is 0 Å². The Morgan fingerprint density at radius 1 is 0.833 bits per heavy atom. The standard InChI is InChI=1S/C24H27F2NO3/c25-20-6-4-18(5-7-20)24(10-14-30-15-11-24)22(28)27-17-23(8-12-29-13-9-23)19-2-1-3-21(26)16-19/h1-7,16H,8-15,17H2,(H,27,28). The largest absolute Gasteiger partial charge is 0.381 e. The summed E-state index contributed by atoms with van der Waals surface area (Å²) in [5.74, 6) is -0.690. The normalized spacial score (nSPS) is 20.5. The van der Waals surface area contributed by atoms with Crippen molar-refractivity contribution in [3.8, 4) is 0 Å². The lowest BCUT2D eigenvalue weighted by Crippen LogP contribution is -2.52. The predicted octanol–water partition coefficient (Wildman–Crippen LogP) is 3.88. The summed E-state index contributed by atoms with van der Waals surface area (Å²) in [7, 11) is 0. The Morgan fingerprint density at radius 3 is 2.10 bits per heavy atom. The maximum absolute atomic E-state index is 13.9. The first-order valence-corrected chi connectivity index (χ1v) is 10.5. The van der Waals surface area contributed by atoms with Crippen LogP contribution >= 0.6 is 0 Å². The summed E-state index contributed by atoms with van der Waals surface area (Å²) in [5, 5.41) is 3.17.